The van der Waals surface area contributed by atoms with Crippen LogP contribution in [0.15, 0.2) is 31.1 Å². The molecule has 0 aliphatic rings. The molecule has 17 heavy (non-hydrogen) atoms. The molecule has 7 nitrogen and oxygen atoms in total. The molecule has 0 aromatic carbocycles. The number of H-pyrrole nitrogens is 1. The van der Waals surface area contributed by atoms with Gasteiger partial charge in [-0.25, -0.2) is 4.98 Å². The Bertz CT molecular complexity index is 612. The van der Waals surface area contributed by atoms with Crippen LogP contribution in [0.4, 0.5) is 5.82 Å². The highest BCUT2D eigenvalue weighted by atomic mass is 15.2. The van der Waals surface area contributed by atoms with E-state index in [0.717, 1.165) is 5.56 Å². The quantitative estimate of drug-likeness (QED) is 0.700. The number of hydrogen-bond donors (Lipinski definition) is 2. The van der Waals surface area contributed by atoms with Gasteiger partial charge < -0.3 is 5.32 Å². The van der Waals surface area contributed by atoms with Gasteiger partial charge in [-0.2, -0.15) is 5.10 Å². The minimum Gasteiger partial charge on any atom is -0.360 e. The van der Waals surface area contributed by atoms with Gasteiger partial charge in [0.25, 0.3) is 0 Å². The third-order valence-corrected chi connectivity index (χ3v) is 2.59. The monoisotopic (exact) mass is 229 g/mol. The van der Waals surface area contributed by atoms with Crippen LogP contribution in [-0.2, 0) is 0 Å². The second kappa shape index (κ2) is 3.85. The third-order valence-electron chi connectivity index (χ3n) is 2.59. The molecule has 3 rings (SSSR count). The molecule has 0 spiro atoms. The molecule has 3 heterocycles. The maximum Gasteiger partial charge on any atom is 0.203 e. The van der Waals surface area contributed by atoms with E-state index in [1.54, 1.807) is 18.7 Å². The van der Waals surface area contributed by atoms with Gasteiger partial charge in [0.15, 0.2) is 5.82 Å². The predicted octanol–water partition coefficient (Wildman–Crippen LogP) is 1.02. The van der Waals surface area contributed by atoms with Crippen LogP contribution >= 0.6 is 0 Å². The number of fused-ring (bicyclic) bond motifs is 1. The molecule has 0 aliphatic heterocycles. The van der Waals surface area contributed by atoms with Gasteiger partial charge in [0.05, 0.1) is 12.2 Å². The summed E-state index contributed by atoms with van der Waals surface area (Å²) in [4.78, 5) is 4.26. The van der Waals surface area contributed by atoms with Crippen molar-refractivity contribution in [3.05, 3.63) is 36.7 Å². The number of aromatic nitrogens is 6. The summed E-state index contributed by atoms with van der Waals surface area (Å²) >= 11 is 0. The van der Waals surface area contributed by atoms with Crippen molar-refractivity contribution in [3.8, 4) is 0 Å². The second-order valence-electron chi connectivity index (χ2n) is 3.74. The van der Waals surface area contributed by atoms with Crippen molar-refractivity contribution < 1.29 is 0 Å². The van der Waals surface area contributed by atoms with Crippen molar-refractivity contribution in [2.45, 2.75) is 13.0 Å². The fourth-order valence-corrected chi connectivity index (χ4v) is 1.65. The first-order chi connectivity index (χ1) is 8.34. The summed E-state index contributed by atoms with van der Waals surface area (Å²) in [7, 11) is 0. The van der Waals surface area contributed by atoms with E-state index in [4.69, 9.17) is 0 Å². The van der Waals surface area contributed by atoms with E-state index >= 15 is 0 Å². The highest BCUT2D eigenvalue weighted by Gasteiger charge is 2.10. The normalized spacial score (nSPS) is 12.8. The molecule has 0 saturated heterocycles. The average molecular weight is 229 g/mol. The second-order valence-corrected chi connectivity index (χ2v) is 3.74. The lowest BCUT2D eigenvalue weighted by atomic mass is 10.2. The van der Waals surface area contributed by atoms with E-state index < -0.39 is 0 Å². The van der Waals surface area contributed by atoms with Crippen LogP contribution < -0.4 is 5.32 Å². The molecule has 0 amide bonds. The van der Waals surface area contributed by atoms with Gasteiger partial charge in [0.1, 0.15) is 6.33 Å². The molecule has 0 saturated carbocycles. The zero-order valence-electron chi connectivity index (χ0n) is 9.20. The van der Waals surface area contributed by atoms with Crippen LogP contribution in [0.3, 0.4) is 0 Å². The predicted molar refractivity (Wildman–Crippen MR) is 61.4 cm³/mol. The highest BCUT2D eigenvalue weighted by Crippen LogP contribution is 2.18. The van der Waals surface area contributed by atoms with Gasteiger partial charge >= 0.3 is 0 Å². The molecule has 0 radical (unpaired) electrons. The Morgan fingerprint density at radius 1 is 1.47 bits per heavy atom. The molecule has 0 bridgehead atoms. The van der Waals surface area contributed by atoms with E-state index in [1.165, 1.54) is 0 Å². The Morgan fingerprint density at radius 3 is 3.24 bits per heavy atom. The maximum absolute atomic E-state index is 4.26. The first-order valence-electron chi connectivity index (χ1n) is 5.24. The van der Waals surface area contributed by atoms with E-state index in [1.807, 2.05) is 23.7 Å². The van der Waals surface area contributed by atoms with Crippen molar-refractivity contribution in [1.29, 1.82) is 0 Å². The summed E-state index contributed by atoms with van der Waals surface area (Å²) in [5.74, 6) is 0.707. The molecule has 1 atom stereocenters. The van der Waals surface area contributed by atoms with Gasteiger partial charge in [0, 0.05) is 24.2 Å². The number of nitrogens with one attached hydrogen (secondary N) is 2. The molecule has 86 valence electrons. The van der Waals surface area contributed by atoms with E-state index in [-0.39, 0.29) is 6.04 Å². The fraction of sp³-hybridized carbons (Fsp3) is 0.200. The van der Waals surface area contributed by atoms with Crippen molar-refractivity contribution >= 4 is 11.5 Å². The minimum atomic E-state index is 0.101. The molecule has 1 unspecified atom stereocenters. The van der Waals surface area contributed by atoms with Crippen LogP contribution in [0.5, 0.6) is 0 Å². The zero-order valence-corrected chi connectivity index (χ0v) is 9.20. The van der Waals surface area contributed by atoms with Crippen LogP contribution in [-0.4, -0.2) is 29.8 Å². The smallest absolute Gasteiger partial charge is 0.203 e. The van der Waals surface area contributed by atoms with Gasteiger partial charge in [-0.15, -0.1) is 10.2 Å². The van der Waals surface area contributed by atoms with E-state index in [9.17, 15) is 0 Å². The number of rotatable bonds is 3. The maximum atomic E-state index is 4.26. The largest absolute Gasteiger partial charge is 0.360 e. The first kappa shape index (κ1) is 9.76. The standard InChI is InChI=1S/C10H11N7/c1-7(8-4-12-13-5-8)15-9-10-16-14-6-17(10)3-2-11-9/h2-7H,1H3,(H,11,15)(H,12,13). The average Bonchev–Trinajstić information content (AvgIpc) is 3.00. The Hall–Kier alpha value is -2.44. The summed E-state index contributed by atoms with van der Waals surface area (Å²) < 4.78 is 1.82. The van der Waals surface area contributed by atoms with Crippen molar-refractivity contribution in [2.75, 3.05) is 5.32 Å². The molecule has 2 N–H and O–H groups in total. The van der Waals surface area contributed by atoms with Crippen LogP contribution in [0.1, 0.15) is 18.5 Å². The number of hydrogen-bond acceptors (Lipinski definition) is 5. The van der Waals surface area contributed by atoms with Crippen LogP contribution in [0.25, 0.3) is 5.65 Å². The Morgan fingerprint density at radius 2 is 2.41 bits per heavy atom. The molecular formula is C10H11N7. The SMILES string of the molecule is CC(Nc1nccn2cnnc12)c1cn[nH]c1. The van der Waals surface area contributed by atoms with Crippen molar-refractivity contribution in [2.24, 2.45) is 0 Å². The third kappa shape index (κ3) is 1.71. The summed E-state index contributed by atoms with van der Waals surface area (Å²) in [6.07, 6.45) is 8.79. The van der Waals surface area contributed by atoms with Crippen LogP contribution in [0.2, 0.25) is 0 Å². The number of nitrogens with zero attached hydrogens (tertiary/aromatic N) is 5. The molecule has 7 heteroatoms. The summed E-state index contributed by atoms with van der Waals surface area (Å²) in [5, 5.41) is 17.8. The van der Waals surface area contributed by atoms with Gasteiger partial charge in [0.2, 0.25) is 5.65 Å². The van der Waals surface area contributed by atoms with Gasteiger partial charge in [-0.1, -0.05) is 0 Å². The molecule has 3 aromatic rings. The summed E-state index contributed by atoms with van der Waals surface area (Å²) in [6, 6.07) is 0.101. The van der Waals surface area contributed by atoms with E-state index in [2.05, 4.69) is 30.7 Å². The lowest BCUT2D eigenvalue weighted by Crippen LogP contribution is -2.08. The molecular weight excluding hydrogens is 218 g/mol. The summed E-state index contributed by atoms with van der Waals surface area (Å²) in [5.41, 5.74) is 1.77. The molecule has 3 aromatic heterocycles. The van der Waals surface area contributed by atoms with Crippen molar-refractivity contribution in [1.82, 2.24) is 29.8 Å². The minimum absolute atomic E-state index is 0.101. The molecule has 0 aliphatic carbocycles. The van der Waals surface area contributed by atoms with Gasteiger partial charge in [-0.3, -0.25) is 9.50 Å². The first-order valence-corrected chi connectivity index (χ1v) is 5.24. The van der Waals surface area contributed by atoms with Crippen LogP contribution in [0, 0.1) is 0 Å². The lowest BCUT2D eigenvalue weighted by Gasteiger charge is -2.12. The highest BCUT2D eigenvalue weighted by molar-refractivity contribution is 5.62. The van der Waals surface area contributed by atoms with E-state index in [0.29, 0.717) is 11.5 Å². The molecule has 0 fully saturated rings. The van der Waals surface area contributed by atoms with Crippen molar-refractivity contribution in [3.63, 3.8) is 0 Å². The summed E-state index contributed by atoms with van der Waals surface area (Å²) in [6.45, 7) is 2.03. The Kier molecular flexibility index (Phi) is 2.21. The lowest BCUT2D eigenvalue weighted by molar-refractivity contribution is 0.873. The zero-order chi connectivity index (χ0) is 11.7. The topological polar surface area (TPSA) is 83.8 Å². The Balaban J connectivity index is 1.92. The Labute approximate surface area is 96.9 Å². The number of aromatic amines is 1. The fourth-order valence-electron chi connectivity index (χ4n) is 1.65. The number of anilines is 1. The van der Waals surface area contributed by atoms with Gasteiger partial charge in [-0.05, 0) is 6.92 Å².